The zero-order valence-electron chi connectivity index (χ0n) is 8.55. The molecule has 1 aromatic heterocycles. The van der Waals surface area contributed by atoms with Crippen LogP contribution >= 0.6 is 22.6 Å². The van der Waals surface area contributed by atoms with Gasteiger partial charge in [0.15, 0.2) is 0 Å². The Kier molecular flexibility index (Phi) is 3.55. The lowest BCUT2D eigenvalue weighted by molar-refractivity contribution is 0.407. The van der Waals surface area contributed by atoms with Gasteiger partial charge >= 0.3 is 0 Å². The van der Waals surface area contributed by atoms with E-state index in [0.717, 1.165) is 9.32 Å². The van der Waals surface area contributed by atoms with Crippen LogP contribution in [0.2, 0.25) is 0 Å². The SMILES string of the molecule is COc1cccc(Oc2ncncc2I)c1. The maximum Gasteiger partial charge on any atom is 0.235 e. The Morgan fingerprint density at radius 2 is 2.06 bits per heavy atom. The normalized spacial score (nSPS) is 9.88. The predicted molar refractivity (Wildman–Crippen MR) is 67.8 cm³/mol. The Morgan fingerprint density at radius 3 is 2.81 bits per heavy atom. The molecule has 0 saturated heterocycles. The summed E-state index contributed by atoms with van der Waals surface area (Å²) in [6, 6.07) is 7.37. The van der Waals surface area contributed by atoms with Gasteiger partial charge in [0, 0.05) is 12.3 Å². The van der Waals surface area contributed by atoms with Crippen molar-refractivity contribution in [2.24, 2.45) is 0 Å². The van der Waals surface area contributed by atoms with Gasteiger partial charge in [-0.05, 0) is 34.7 Å². The molecule has 5 heteroatoms. The van der Waals surface area contributed by atoms with Crippen molar-refractivity contribution in [1.82, 2.24) is 9.97 Å². The topological polar surface area (TPSA) is 44.2 Å². The third-order valence-corrected chi connectivity index (χ3v) is 2.63. The molecule has 0 fully saturated rings. The van der Waals surface area contributed by atoms with Crippen LogP contribution in [-0.4, -0.2) is 17.1 Å². The second-order valence-corrected chi connectivity index (χ2v) is 4.12. The minimum absolute atomic E-state index is 0.545. The molecule has 4 nitrogen and oxygen atoms in total. The molecule has 0 bridgehead atoms. The number of hydrogen-bond acceptors (Lipinski definition) is 4. The average molecular weight is 328 g/mol. The van der Waals surface area contributed by atoms with Crippen LogP contribution in [0.5, 0.6) is 17.4 Å². The maximum absolute atomic E-state index is 5.61. The van der Waals surface area contributed by atoms with E-state index in [0.29, 0.717) is 11.6 Å². The van der Waals surface area contributed by atoms with Gasteiger partial charge in [-0.2, -0.15) is 0 Å². The van der Waals surface area contributed by atoms with Crippen molar-refractivity contribution in [3.05, 3.63) is 40.4 Å². The van der Waals surface area contributed by atoms with E-state index in [1.165, 1.54) is 6.33 Å². The number of nitrogens with zero attached hydrogens (tertiary/aromatic N) is 2. The predicted octanol–water partition coefficient (Wildman–Crippen LogP) is 2.88. The molecule has 0 N–H and O–H groups in total. The molecule has 2 rings (SSSR count). The Hall–Kier alpha value is -1.37. The Bertz CT molecular complexity index is 491. The fraction of sp³-hybridized carbons (Fsp3) is 0.0909. The summed E-state index contributed by atoms with van der Waals surface area (Å²) in [5.74, 6) is 1.99. The quantitative estimate of drug-likeness (QED) is 0.813. The van der Waals surface area contributed by atoms with Gasteiger partial charge in [0.2, 0.25) is 5.88 Å². The van der Waals surface area contributed by atoms with Gasteiger partial charge in [0.05, 0.1) is 10.7 Å². The standard InChI is InChI=1S/C11H9IN2O2/c1-15-8-3-2-4-9(5-8)16-11-10(12)6-13-7-14-11/h2-7H,1H3. The van der Waals surface area contributed by atoms with Crippen LogP contribution in [0.4, 0.5) is 0 Å². The fourth-order valence-corrected chi connectivity index (χ4v) is 1.56. The lowest BCUT2D eigenvalue weighted by Gasteiger charge is -2.06. The molecule has 82 valence electrons. The van der Waals surface area contributed by atoms with Crippen molar-refractivity contribution in [2.45, 2.75) is 0 Å². The number of halogens is 1. The molecule has 0 amide bonds. The van der Waals surface area contributed by atoms with Gasteiger partial charge < -0.3 is 9.47 Å². The van der Waals surface area contributed by atoms with Crippen LogP contribution < -0.4 is 9.47 Å². The van der Waals surface area contributed by atoms with Crippen LogP contribution in [0.15, 0.2) is 36.8 Å². The highest BCUT2D eigenvalue weighted by molar-refractivity contribution is 14.1. The first-order valence-corrected chi connectivity index (χ1v) is 5.65. The second kappa shape index (κ2) is 5.11. The van der Waals surface area contributed by atoms with E-state index in [1.807, 2.05) is 18.2 Å². The first kappa shape index (κ1) is 11.1. The van der Waals surface area contributed by atoms with Gasteiger partial charge in [-0.15, -0.1) is 0 Å². The summed E-state index contributed by atoms with van der Waals surface area (Å²) in [7, 11) is 1.62. The average Bonchev–Trinajstić information content (AvgIpc) is 2.32. The molecule has 0 atom stereocenters. The molecule has 0 radical (unpaired) electrons. The second-order valence-electron chi connectivity index (χ2n) is 2.96. The van der Waals surface area contributed by atoms with Crippen LogP contribution in [-0.2, 0) is 0 Å². The van der Waals surface area contributed by atoms with Crippen molar-refractivity contribution in [3.8, 4) is 17.4 Å². The van der Waals surface area contributed by atoms with E-state index >= 15 is 0 Å². The van der Waals surface area contributed by atoms with Crippen molar-refractivity contribution in [1.29, 1.82) is 0 Å². The zero-order chi connectivity index (χ0) is 11.4. The molecule has 0 unspecified atom stereocenters. The van der Waals surface area contributed by atoms with Crippen molar-refractivity contribution in [3.63, 3.8) is 0 Å². The van der Waals surface area contributed by atoms with E-state index in [9.17, 15) is 0 Å². The minimum atomic E-state index is 0.545. The van der Waals surface area contributed by atoms with Gasteiger partial charge in [0.1, 0.15) is 17.8 Å². The number of rotatable bonds is 3. The van der Waals surface area contributed by atoms with Crippen LogP contribution in [0.3, 0.4) is 0 Å². The molecule has 1 heterocycles. The summed E-state index contributed by atoms with van der Waals surface area (Å²) in [6.07, 6.45) is 3.15. The molecule has 0 saturated carbocycles. The van der Waals surface area contributed by atoms with Crippen molar-refractivity contribution < 1.29 is 9.47 Å². The fourth-order valence-electron chi connectivity index (χ4n) is 1.15. The number of ether oxygens (including phenoxy) is 2. The van der Waals surface area contributed by atoms with Gasteiger partial charge in [-0.3, -0.25) is 0 Å². The molecule has 2 aromatic rings. The first-order valence-electron chi connectivity index (χ1n) is 4.57. The molecular formula is C11H9IN2O2. The molecule has 0 aliphatic rings. The lowest BCUT2D eigenvalue weighted by atomic mass is 10.3. The van der Waals surface area contributed by atoms with Gasteiger partial charge in [-0.1, -0.05) is 6.07 Å². The maximum atomic E-state index is 5.61. The first-order chi connectivity index (χ1) is 7.79. The van der Waals surface area contributed by atoms with E-state index in [2.05, 4.69) is 32.6 Å². The Balaban J connectivity index is 2.24. The molecule has 0 aliphatic heterocycles. The summed E-state index contributed by atoms with van der Waals surface area (Å²) in [5.41, 5.74) is 0. The largest absolute Gasteiger partial charge is 0.497 e. The Labute approximate surface area is 107 Å². The van der Waals surface area contributed by atoms with Gasteiger partial charge in [-0.25, -0.2) is 9.97 Å². The summed E-state index contributed by atoms with van der Waals surface area (Å²) < 4.78 is 11.6. The summed E-state index contributed by atoms with van der Waals surface area (Å²) in [5, 5.41) is 0. The number of aromatic nitrogens is 2. The Morgan fingerprint density at radius 1 is 1.25 bits per heavy atom. The summed E-state index contributed by atoms with van der Waals surface area (Å²) in [4.78, 5) is 7.94. The van der Waals surface area contributed by atoms with Crippen LogP contribution in [0, 0.1) is 3.57 Å². The summed E-state index contributed by atoms with van der Waals surface area (Å²) >= 11 is 2.12. The highest BCUT2D eigenvalue weighted by Gasteiger charge is 2.04. The third-order valence-electron chi connectivity index (χ3n) is 1.89. The molecular weight excluding hydrogens is 319 g/mol. The smallest absolute Gasteiger partial charge is 0.235 e. The third kappa shape index (κ3) is 2.60. The zero-order valence-corrected chi connectivity index (χ0v) is 10.7. The molecule has 16 heavy (non-hydrogen) atoms. The van der Waals surface area contributed by atoms with Crippen LogP contribution in [0.25, 0.3) is 0 Å². The van der Waals surface area contributed by atoms with Gasteiger partial charge in [0.25, 0.3) is 0 Å². The molecule has 0 spiro atoms. The number of methoxy groups -OCH3 is 1. The highest BCUT2D eigenvalue weighted by atomic mass is 127. The number of benzene rings is 1. The highest BCUT2D eigenvalue weighted by Crippen LogP contribution is 2.26. The van der Waals surface area contributed by atoms with E-state index in [-0.39, 0.29) is 0 Å². The summed E-state index contributed by atoms with van der Waals surface area (Å²) in [6.45, 7) is 0. The van der Waals surface area contributed by atoms with E-state index < -0.39 is 0 Å². The van der Waals surface area contributed by atoms with Crippen molar-refractivity contribution >= 4 is 22.6 Å². The minimum Gasteiger partial charge on any atom is -0.497 e. The van der Waals surface area contributed by atoms with E-state index in [4.69, 9.17) is 9.47 Å². The molecule has 1 aromatic carbocycles. The van der Waals surface area contributed by atoms with E-state index in [1.54, 1.807) is 19.4 Å². The van der Waals surface area contributed by atoms with Crippen LogP contribution in [0.1, 0.15) is 0 Å². The number of hydrogen-bond donors (Lipinski definition) is 0. The van der Waals surface area contributed by atoms with Crippen molar-refractivity contribution in [2.75, 3.05) is 7.11 Å². The monoisotopic (exact) mass is 328 g/mol. The molecule has 0 aliphatic carbocycles. The lowest BCUT2D eigenvalue weighted by Crippen LogP contribution is -1.92.